The highest BCUT2D eigenvalue weighted by Gasteiger charge is 2.19. The SMILES string of the molecule is Clc1ccc(CN2CCN(c3ccccc3Cl)CC2)nn1. The van der Waals surface area contributed by atoms with Gasteiger partial charge in [0, 0.05) is 32.7 Å². The zero-order valence-corrected chi connectivity index (χ0v) is 13.1. The molecule has 0 amide bonds. The minimum absolute atomic E-state index is 0.433. The molecule has 110 valence electrons. The van der Waals surface area contributed by atoms with Crippen LogP contribution in [0.2, 0.25) is 10.2 Å². The molecule has 1 aromatic heterocycles. The first-order chi connectivity index (χ1) is 10.2. The summed E-state index contributed by atoms with van der Waals surface area (Å²) in [6.45, 7) is 4.70. The normalized spacial score (nSPS) is 16.2. The standard InChI is InChI=1S/C15H16Cl2N4/c16-13-3-1-2-4-14(13)21-9-7-20(8-10-21)11-12-5-6-15(17)19-18-12/h1-6H,7-11H2. The van der Waals surface area contributed by atoms with E-state index in [-0.39, 0.29) is 0 Å². The second kappa shape index (κ2) is 6.60. The van der Waals surface area contributed by atoms with Crippen molar-refractivity contribution in [1.82, 2.24) is 15.1 Å². The Hall–Kier alpha value is -1.36. The van der Waals surface area contributed by atoms with Crippen molar-refractivity contribution >= 4 is 28.9 Å². The number of aromatic nitrogens is 2. The number of hydrogen-bond acceptors (Lipinski definition) is 4. The monoisotopic (exact) mass is 322 g/mol. The minimum Gasteiger partial charge on any atom is -0.368 e. The van der Waals surface area contributed by atoms with E-state index in [2.05, 4.69) is 26.1 Å². The quantitative estimate of drug-likeness (QED) is 0.869. The van der Waals surface area contributed by atoms with Gasteiger partial charge in [0.2, 0.25) is 0 Å². The Labute approximate surface area is 134 Å². The molecule has 1 saturated heterocycles. The number of rotatable bonds is 3. The van der Waals surface area contributed by atoms with Crippen LogP contribution < -0.4 is 4.90 Å². The van der Waals surface area contributed by atoms with Crippen LogP contribution in [0.1, 0.15) is 5.69 Å². The van der Waals surface area contributed by atoms with Crippen molar-refractivity contribution in [3.05, 3.63) is 52.3 Å². The summed E-state index contributed by atoms with van der Waals surface area (Å²) in [6.07, 6.45) is 0. The van der Waals surface area contributed by atoms with Crippen LogP contribution in [0.5, 0.6) is 0 Å². The molecule has 1 aliphatic heterocycles. The third-order valence-electron chi connectivity index (χ3n) is 3.64. The molecule has 2 aromatic rings. The number of hydrogen-bond donors (Lipinski definition) is 0. The van der Waals surface area contributed by atoms with Crippen LogP contribution in [0.25, 0.3) is 0 Å². The van der Waals surface area contributed by atoms with Crippen LogP contribution in [0.3, 0.4) is 0 Å². The molecule has 6 heteroatoms. The second-order valence-electron chi connectivity index (χ2n) is 5.06. The molecule has 0 N–H and O–H groups in total. The zero-order valence-electron chi connectivity index (χ0n) is 11.5. The van der Waals surface area contributed by atoms with Crippen molar-refractivity contribution in [2.45, 2.75) is 6.54 Å². The van der Waals surface area contributed by atoms with Crippen molar-refractivity contribution in [2.24, 2.45) is 0 Å². The largest absolute Gasteiger partial charge is 0.368 e. The Morgan fingerprint density at radius 2 is 1.67 bits per heavy atom. The molecule has 0 aliphatic carbocycles. The molecule has 0 radical (unpaired) electrons. The van der Waals surface area contributed by atoms with Gasteiger partial charge in [-0.05, 0) is 24.3 Å². The summed E-state index contributed by atoms with van der Waals surface area (Å²) in [5.41, 5.74) is 2.07. The van der Waals surface area contributed by atoms with Crippen molar-refractivity contribution < 1.29 is 0 Å². The van der Waals surface area contributed by atoms with Crippen LogP contribution in [-0.2, 0) is 6.54 Å². The van der Waals surface area contributed by atoms with Crippen LogP contribution in [-0.4, -0.2) is 41.3 Å². The molecule has 0 bridgehead atoms. The van der Waals surface area contributed by atoms with Gasteiger partial charge in [-0.15, -0.1) is 5.10 Å². The van der Waals surface area contributed by atoms with Gasteiger partial charge in [0.1, 0.15) is 0 Å². The van der Waals surface area contributed by atoms with E-state index in [4.69, 9.17) is 23.2 Å². The Morgan fingerprint density at radius 3 is 2.33 bits per heavy atom. The third kappa shape index (κ3) is 3.64. The smallest absolute Gasteiger partial charge is 0.151 e. The molecule has 2 heterocycles. The molecule has 0 atom stereocenters. The maximum atomic E-state index is 6.25. The number of piperazine rings is 1. The molecule has 0 unspecified atom stereocenters. The van der Waals surface area contributed by atoms with Gasteiger partial charge in [-0.3, -0.25) is 4.90 Å². The lowest BCUT2D eigenvalue weighted by Crippen LogP contribution is -2.46. The molecule has 1 aromatic carbocycles. The van der Waals surface area contributed by atoms with E-state index in [0.717, 1.165) is 49.1 Å². The summed E-state index contributed by atoms with van der Waals surface area (Å²) in [6, 6.07) is 11.7. The molecular weight excluding hydrogens is 307 g/mol. The van der Waals surface area contributed by atoms with Crippen LogP contribution in [0.15, 0.2) is 36.4 Å². The summed E-state index contributed by atoms with van der Waals surface area (Å²) in [7, 11) is 0. The number of benzene rings is 1. The fourth-order valence-electron chi connectivity index (χ4n) is 2.51. The summed E-state index contributed by atoms with van der Waals surface area (Å²) in [5.74, 6) is 0. The van der Waals surface area contributed by atoms with Gasteiger partial charge in [-0.2, -0.15) is 5.10 Å². The number of halogens is 2. The lowest BCUT2D eigenvalue weighted by molar-refractivity contribution is 0.246. The molecule has 4 nitrogen and oxygen atoms in total. The summed E-state index contributed by atoms with van der Waals surface area (Å²) < 4.78 is 0. The zero-order chi connectivity index (χ0) is 14.7. The fraction of sp³-hybridized carbons (Fsp3) is 0.333. The minimum atomic E-state index is 0.433. The number of nitrogens with zero attached hydrogens (tertiary/aromatic N) is 4. The van der Waals surface area contributed by atoms with E-state index in [1.54, 1.807) is 6.07 Å². The van der Waals surface area contributed by atoms with Gasteiger partial charge in [0.15, 0.2) is 5.15 Å². The number of anilines is 1. The van der Waals surface area contributed by atoms with Gasteiger partial charge in [-0.25, -0.2) is 0 Å². The highest BCUT2D eigenvalue weighted by molar-refractivity contribution is 6.33. The molecule has 0 spiro atoms. The fourth-order valence-corrected chi connectivity index (χ4v) is 2.87. The van der Waals surface area contributed by atoms with Crippen LogP contribution in [0.4, 0.5) is 5.69 Å². The van der Waals surface area contributed by atoms with E-state index in [9.17, 15) is 0 Å². The first-order valence-electron chi connectivity index (χ1n) is 6.92. The molecular formula is C15H16Cl2N4. The maximum Gasteiger partial charge on any atom is 0.151 e. The van der Waals surface area contributed by atoms with E-state index in [0.29, 0.717) is 5.15 Å². The van der Waals surface area contributed by atoms with Gasteiger partial charge in [-0.1, -0.05) is 35.3 Å². The van der Waals surface area contributed by atoms with Gasteiger partial charge in [0.05, 0.1) is 16.4 Å². The average Bonchev–Trinajstić information content (AvgIpc) is 2.51. The molecule has 3 rings (SSSR count). The van der Waals surface area contributed by atoms with E-state index < -0.39 is 0 Å². The summed E-state index contributed by atoms with van der Waals surface area (Å²) >= 11 is 12.0. The van der Waals surface area contributed by atoms with Crippen molar-refractivity contribution in [2.75, 3.05) is 31.1 Å². The average molecular weight is 323 g/mol. The molecule has 1 aliphatic rings. The number of para-hydroxylation sites is 1. The summed E-state index contributed by atoms with van der Waals surface area (Å²) in [5, 5.41) is 9.23. The van der Waals surface area contributed by atoms with Crippen LogP contribution >= 0.6 is 23.2 Å². The van der Waals surface area contributed by atoms with Crippen molar-refractivity contribution in [3.8, 4) is 0 Å². The Balaban J connectivity index is 1.58. The lowest BCUT2D eigenvalue weighted by Gasteiger charge is -2.36. The highest BCUT2D eigenvalue weighted by atomic mass is 35.5. The Bertz CT molecular complexity index is 595. The highest BCUT2D eigenvalue weighted by Crippen LogP contribution is 2.26. The van der Waals surface area contributed by atoms with Crippen LogP contribution in [0, 0.1) is 0 Å². The Morgan fingerprint density at radius 1 is 0.905 bits per heavy atom. The molecule has 21 heavy (non-hydrogen) atoms. The van der Waals surface area contributed by atoms with E-state index in [1.165, 1.54) is 0 Å². The molecule has 0 saturated carbocycles. The second-order valence-corrected chi connectivity index (χ2v) is 5.86. The first-order valence-corrected chi connectivity index (χ1v) is 7.68. The van der Waals surface area contributed by atoms with Gasteiger partial charge in [0.25, 0.3) is 0 Å². The van der Waals surface area contributed by atoms with E-state index >= 15 is 0 Å². The van der Waals surface area contributed by atoms with Crippen molar-refractivity contribution in [3.63, 3.8) is 0 Å². The summed E-state index contributed by atoms with van der Waals surface area (Å²) in [4.78, 5) is 4.69. The van der Waals surface area contributed by atoms with Gasteiger partial charge < -0.3 is 4.90 Å². The first kappa shape index (κ1) is 14.6. The third-order valence-corrected chi connectivity index (χ3v) is 4.16. The van der Waals surface area contributed by atoms with E-state index in [1.807, 2.05) is 24.3 Å². The topological polar surface area (TPSA) is 32.3 Å². The maximum absolute atomic E-state index is 6.25. The molecule has 1 fully saturated rings. The lowest BCUT2D eigenvalue weighted by atomic mass is 10.2. The Kier molecular flexibility index (Phi) is 4.58. The van der Waals surface area contributed by atoms with Gasteiger partial charge >= 0.3 is 0 Å². The predicted molar refractivity (Wildman–Crippen MR) is 86.0 cm³/mol. The predicted octanol–water partition coefficient (Wildman–Crippen LogP) is 3.11. The van der Waals surface area contributed by atoms with Crippen molar-refractivity contribution in [1.29, 1.82) is 0 Å².